The summed E-state index contributed by atoms with van der Waals surface area (Å²) in [6.07, 6.45) is 3.74. The van der Waals surface area contributed by atoms with Gasteiger partial charge < -0.3 is 0 Å². The molecule has 1 aromatic carbocycles. The minimum atomic E-state index is 0.886. The highest BCUT2D eigenvalue weighted by Crippen LogP contribution is 2.35. The minimum absolute atomic E-state index is 0.886. The molecule has 0 N–H and O–H groups in total. The number of aryl methyl sites for hydroxylation is 2. The van der Waals surface area contributed by atoms with Crippen molar-refractivity contribution in [3.8, 4) is 0 Å². The normalized spacial score (nSPS) is 11.3. The molecular formula is C14H15BrS. The molecule has 0 aromatic heterocycles. The van der Waals surface area contributed by atoms with E-state index in [4.69, 9.17) is 0 Å². The third-order valence-corrected chi connectivity index (χ3v) is 4.06. The number of hydrogen-bond donors (Lipinski definition) is 0. The van der Waals surface area contributed by atoms with Crippen LogP contribution in [0.1, 0.15) is 11.1 Å². The Morgan fingerprint density at radius 3 is 2.56 bits per heavy atom. The standard InChI is InChI=1S/C14H15BrS/c1-5-6-14(12(4)15)16-13-8-7-10(2)9-11(13)3/h5-9H,1,4H2,2-3H3/b14-6+. The average Bonchev–Trinajstić information content (AvgIpc) is 2.20. The molecule has 0 saturated carbocycles. The number of thioether (sulfide) groups is 1. The maximum Gasteiger partial charge on any atom is 0.0258 e. The third-order valence-electron chi connectivity index (χ3n) is 2.09. The summed E-state index contributed by atoms with van der Waals surface area (Å²) in [6, 6.07) is 6.45. The zero-order valence-corrected chi connectivity index (χ0v) is 12.0. The number of benzene rings is 1. The van der Waals surface area contributed by atoms with E-state index in [1.165, 1.54) is 16.0 Å². The third kappa shape index (κ3) is 3.69. The van der Waals surface area contributed by atoms with Crippen molar-refractivity contribution in [2.75, 3.05) is 0 Å². The highest BCUT2D eigenvalue weighted by molar-refractivity contribution is 9.12. The van der Waals surface area contributed by atoms with Gasteiger partial charge in [0.05, 0.1) is 0 Å². The highest BCUT2D eigenvalue weighted by atomic mass is 79.9. The van der Waals surface area contributed by atoms with Crippen molar-refractivity contribution in [1.29, 1.82) is 0 Å². The molecule has 0 saturated heterocycles. The SMILES string of the molecule is C=C/C=C(/Sc1ccc(C)cc1C)C(=C)Br. The van der Waals surface area contributed by atoms with Crippen LogP contribution >= 0.6 is 27.7 Å². The van der Waals surface area contributed by atoms with Gasteiger partial charge in [0.2, 0.25) is 0 Å². The van der Waals surface area contributed by atoms with Crippen molar-refractivity contribution >= 4 is 27.7 Å². The molecule has 2 heteroatoms. The van der Waals surface area contributed by atoms with Crippen LogP contribution in [0.25, 0.3) is 0 Å². The lowest BCUT2D eigenvalue weighted by atomic mass is 10.2. The van der Waals surface area contributed by atoms with Crippen LogP contribution in [0.5, 0.6) is 0 Å². The quantitative estimate of drug-likeness (QED) is 0.531. The van der Waals surface area contributed by atoms with E-state index in [1.54, 1.807) is 17.8 Å². The molecule has 0 radical (unpaired) electrons. The Hall–Kier alpha value is -0.730. The van der Waals surface area contributed by atoms with Crippen LogP contribution in [0, 0.1) is 13.8 Å². The lowest BCUT2D eigenvalue weighted by molar-refractivity contribution is 1.27. The van der Waals surface area contributed by atoms with Crippen LogP contribution in [-0.4, -0.2) is 0 Å². The second kappa shape index (κ2) is 6.12. The minimum Gasteiger partial charge on any atom is -0.0990 e. The van der Waals surface area contributed by atoms with E-state index in [9.17, 15) is 0 Å². The van der Waals surface area contributed by atoms with Gasteiger partial charge in [0.25, 0.3) is 0 Å². The molecule has 0 aliphatic carbocycles. The summed E-state index contributed by atoms with van der Waals surface area (Å²) in [4.78, 5) is 2.33. The van der Waals surface area contributed by atoms with Crippen LogP contribution in [-0.2, 0) is 0 Å². The summed E-state index contributed by atoms with van der Waals surface area (Å²) >= 11 is 5.11. The maximum absolute atomic E-state index is 3.90. The van der Waals surface area contributed by atoms with Gasteiger partial charge in [-0.3, -0.25) is 0 Å². The first kappa shape index (κ1) is 13.3. The van der Waals surface area contributed by atoms with Crippen molar-refractivity contribution in [2.45, 2.75) is 18.7 Å². The van der Waals surface area contributed by atoms with Crippen LogP contribution < -0.4 is 0 Å². The van der Waals surface area contributed by atoms with Crippen LogP contribution in [0.2, 0.25) is 0 Å². The molecule has 0 heterocycles. The fraction of sp³-hybridized carbons (Fsp3) is 0.143. The molecule has 0 nitrogen and oxygen atoms in total. The number of hydrogen-bond acceptors (Lipinski definition) is 1. The Morgan fingerprint density at radius 2 is 2.06 bits per heavy atom. The Balaban J connectivity index is 2.98. The summed E-state index contributed by atoms with van der Waals surface area (Å²) in [7, 11) is 0. The van der Waals surface area contributed by atoms with E-state index >= 15 is 0 Å². The summed E-state index contributed by atoms with van der Waals surface area (Å²) in [5.74, 6) is 0. The van der Waals surface area contributed by atoms with Crippen LogP contribution in [0.4, 0.5) is 0 Å². The Labute approximate surface area is 110 Å². The molecular weight excluding hydrogens is 280 g/mol. The topological polar surface area (TPSA) is 0 Å². The van der Waals surface area contributed by atoms with Gasteiger partial charge in [0, 0.05) is 14.3 Å². The summed E-state index contributed by atoms with van der Waals surface area (Å²) in [5.41, 5.74) is 2.57. The molecule has 84 valence electrons. The first-order chi connectivity index (χ1) is 7.54. The molecule has 16 heavy (non-hydrogen) atoms. The fourth-order valence-corrected chi connectivity index (χ4v) is 2.56. The number of halogens is 1. The van der Waals surface area contributed by atoms with Crippen molar-refractivity contribution in [1.82, 2.24) is 0 Å². The molecule has 1 rings (SSSR count). The van der Waals surface area contributed by atoms with E-state index in [1.807, 2.05) is 6.08 Å². The lowest BCUT2D eigenvalue weighted by Gasteiger charge is -2.08. The van der Waals surface area contributed by atoms with E-state index in [0.29, 0.717) is 0 Å². The van der Waals surface area contributed by atoms with Gasteiger partial charge in [-0.05, 0) is 31.6 Å². The van der Waals surface area contributed by atoms with Gasteiger partial charge in [-0.1, -0.05) is 64.6 Å². The molecule has 0 amide bonds. The lowest BCUT2D eigenvalue weighted by Crippen LogP contribution is -1.83. The van der Waals surface area contributed by atoms with E-state index in [0.717, 1.165) is 9.39 Å². The maximum atomic E-state index is 3.90. The molecule has 1 aromatic rings. The zero-order chi connectivity index (χ0) is 12.1. The second-order valence-electron chi connectivity index (χ2n) is 3.54. The van der Waals surface area contributed by atoms with Gasteiger partial charge in [-0.25, -0.2) is 0 Å². The van der Waals surface area contributed by atoms with Crippen molar-refractivity contribution in [3.63, 3.8) is 0 Å². The van der Waals surface area contributed by atoms with Crippen molar-refractivity contribution in [2.24, 2.45) is 0 Å². The van der Waals surface area contributed by atoms with Crippen LogP contribution in [0.3, 0.4) is 0 Å². The Bertz CT molecular complexity index is 444. The predicted molar refractivity (Wildman–Crippen MR) is 78.1 cm³/mol. The number of rotatable bonds is 4. The summed E-state index contributed by atoms with van der Waals surface area (Å²) in [5, 5.41) is 0. The Kier molecular flexibility index (Phi) is 5.10. The zero-order valence-electron chi connectivity index (χ0n) is 9.59. The molecule has 0 aliphatic heterocycles. The molecule has 0 spiro atoms. The largest absolute Gasteiger partial charge is 0.0990 e. The average molecular weight is 295 g/mol. The predicted octanol–water partition coefficient (Wildman–Crippen LogP) is 5.37. The fourth-order valence-electron chi connectivity index (χ4n) is 1.32. The second-order valence-corrected chi connectivity index (χ2v) is 5.58. The van der Waals surface area contributed by atoms with Crippen molar-refractivity contribution < 1.29 is 0 Å². The van der Waals surface area contributed by atoms with E-state index in [-0.39, 0.29) is 0 Å². The first-order valence-electron chi connectivity index (χ1n) is 4.97. The Morgan fingerprint density at radius 1 is 1.38 bits per heavy atom. The number of allylic oxidation sites excluding steroid dienone is 3. The summed E-state index contributed by atoms with van der Waals surface area (Å²) in [6.45, 7) is 11.8. The molecule has 0 fully saturated rings. The molecule has 0 aliphatic rings. The van der Waals surface area contributed by atoms with E-state index < -0.39 is 0 Å². The summed E-state index contributed by atoms with van der Waals surface area (Å²) < 4.78 is 0.886. The van der Waals surface area contributed by atoms with Gasteiger partial charge in [-0.2, -0.15) is 0 Å². The van der Waals surface area contributed by atoms with Gasteiger partial charge in [0.15, 0.2) is 0 Å². The van der Waals surface area contributed by atoms with Gasteiger partial charge >= 0.3 is 0 Å². The smallest absolute Gasteiger partial charge is 0.0258 e. The van der Waals surface area contributed by atoms with E-state index in [2.05, 4.69) is 61.1 Å². The first-order valence-corrected chi connectivity index (χ1v) is 6.58. The van der Waals surface area contributed by atoms with Gasteiger partial charge in [-0.15, -0.1) is 0 Å². The van der Waals surface area contributed by atoms with Gasteiger partial charge in [0.1, 0.15) is 0 Å². The highest BCUT2D eigenvalue weighted by Gasteiger charge is 2.04. The molecule has 0 bridgehead atoms. The van der Waals surface area contributed by atoms with Crippen LogP contribution in [0.15, 0.2) is 57.8 Å². The molecule has 0 atom stereocenters. The molecule has 0 unspecified atom stereocenters. The monoisotopic (exact) mass is 294 g/mol. The van der Waals surface area contributed by atoms with Crippen molar-refractivity contribution in [3.05, 3.63) is 64.0 Å².